The van der Waals surface area contributed by atoms with E-state index in [4.69, 9.17) is 10.5 Å². The molecule has 0 aliphatic carbocycles. The van der Waals surface area contributed by atoms with Crippen molar-refractivity contribution in [2.45, 2.75) is 31.2 Å². The summed E-state index contributed by atoms with van der Waals surface area (Å²) in [6, 6.07) is 10.2. The van der Waals surface area contributed by atoms with Gasteiger partial charge in [-0.15, -0.1) is 12.4 Å². The van der Waals surface area contributed by atoms with Crippen molar-refractivity contribution in [3.05, 3.63) is 35.9 Å². The molecule has 1 atom stereocenters. The highest BCUT2D eigenvalue weighted by Gasteiger charge is 2.35. The monoisotopic (exact) mass is 298 g/mol. The molecule has 2 rings (SSSR count). The third kappa shape index (κ3) is 4.20. The largest absolute Gasteiger partial charge is 0.381 e. The Kier molecular flexibility index (Phi) is 6.46. The quantitative estimate of drug-likeness (QED) is 0.891. The summed E-state index contributed by atoms with van der Waals surface area (Å²) < 4.78 is 5.25. The predicted molar refractivity (Wildman–Crippen MR) is 82.1 cm³/mol. The van der Waals surface area contributed by atoms with Crippen molar-refractivity contribution in [2.24, 2.45) is 5.73 Å². The van der Waals surface area contributed by atoms with Crippen LogP contribution in [0.2, 0.25) is 0 Å². The van der Waals surface area contributed by atoms with Crippen LogP contribution >= 0.6 is 12.4 Å². The number of nitrogens with two attached hydrogens (primary N) is 1. The molecule has 0 radical (unpaired) electrons. The highest BCUT2D eigenvalue weighted by Crippen LogP contribution is 2.19. The van der Waals surface area contributed by atoms with E-state index in [0.29, 0.717) is 32.6 Å². The average Bonchev–Trinajstić information content (AvgIpc) is 2.46. The van der Waals surface area contributed by atoms with Crippen LogP contribution in [0.15, 0.2) is 30.3 Å². The van der Waals surface area contributed by atoms with Gasteiger partial charge in [0, 0.05) is 19.8 Å². The number of carbonyl (C=O) groups excluding carboxylic acids is 1. The van der Waals surface area contributed by atoms with Crippen molar-refractivity contribution in [2.75, 3.05) is 19.8 Å². The molecular weight excluding hydrogens is 276 g/mol. The van der Waals surface area contributed by atoms with Crippen LogP contribution in [0.3, 0.4) is 0 Å². The fourth-order valence-corrected chi connectivity index (χ4v) is 2.28. The SMILES string of the molecule is CC(CNC(=O)C1(N)CCOCC1)c1ccccc1.Cl. The number of hydrogen-bond acceptors (Lipinski definition) is 3. The van der Waals surface area contributed by atoms with Gasteiger partial charge in [-0.3, -0.25) is 4.79 Å². The molecule has 1 aromatic carbocycles. The van der Waals surface area contributed by atoms with Gasteiger partial charge in [-0.05, 0) is 24.3 Å². The summed E-state index contributed by atoms with van der Waals surface area (Å²) in [5.41, 5.74) is 6.60. The van der Waals surface area contributed by atoms with Crippen molar-refractivity contribution in [3.63, 3.8) is 0 Å². The molecule has 5 heteroatoms. The molecule has 3 N–H and O–H groups in total. The molecule has 20 heavy (non-hydrogen) atoms. The van der Waals surface area contributed by atoms with Crippen LogP contribution in [-0.2, 0) is 9.53 Å². The Morgan fingerprint density at radius 2 is 1.95 bits per heavy atom. The van der Waals surface area contributed by atoms with Gasteiger partial charge in [0.25, 0.3) is 0 Å². The molecule has 1 saturated heterocycles. The molecule has 0 bridgehead atoms. The zero-order chi connectivity index (χ0) is 13.7. The van der Waals surface area contributed by atoms with Crippen LogP contribution in [0, 0.1) is 0 Å². The van der Waals surface area contributed by atoms with E-state index in [9.17, 15) is 4.79 Å². The second-order valence-electron chi connectivity index (χ2n) is 5.29. The standard InChI is InChI=1S/C15H22N2O2.ClH/c1-12(13-5-3-2-4-6-13)11-17-14(18)15(16)7-9-19-10-8-15;/h2-6,12H,7-11,16H2,1H3,(H,17,18);1H. The van der Waals surface area contributed by atoms with Gasteiger partial charge in [0.1, 0.15) is 0 Å². The molecule has 1 heterocycles. The highest BCUT2D eigenvalue weighted by molar-refractivity contribution is 5.86. The molecule has 0 saturated carbocycles. The number of rotatable bonds is 4. The van der Waals surface area contributed by atoms with Crippen LogP contribution < -0.4 is 11.1 Å². The molecule has 1 unspecified atom stereocenters. The van der Waals surface area contributed by atoms with E-state index in [1.165, 1.54) is 5.56 Å². The van der Waals surface area contributed by atoms with E-state index in [1.807, 2.05) is 18.2 Å². The van der Waals surface area contributed by atoms with Gasteiger partial charge in [-0.1, -0.05) is 37.3 Å². The van der Waals surface area contributed by atoms with E-state index >= 15 is 0 Å². The summed E-state index contributed by atoms with van der Waals surface area (Å²) in [5.74, 6) is 0.229. The first-order chi connectivity index (χ1) is 9.12. The zero-order valence-electron chi connectivity index (χ0n) is 11.8. The summed E-state index contributed by atoms with van der Waals surface area (Å²) >= 11 is 0. The number of nitrogens with one attached hydrogen (secondary N) is 1. The molecule has 112 valence electrons. The molecule has 0 aromatic heterocycles. The van der Waals surface area contributed by atoms with Gasteiger partial charge in [-0.25, -0.2) is 0 Å². The third-order valence-corrected chi connectivity index (χ3v) is 3.77. The predicted octanol–water partition coefficient (Wildman–Crippen LogP) is 1.84. The Balaban J connectivity index is 0.00000200. The minimum atomic E-state index is -0.755. The van der Waals surface area contributed by atoms with Crippen molar-refractivity contribution in [3.8, 4) is 0 Å². The van der Waals surface area contributed by atoms with Crippen LogP contribution in [0.4, 0.5) is 0 Å². The first kappa shape index (κ1) is 17.0. The molecule has 0 spiro atoms. The molecule has 1 fully saturated rings. The summed E-state index contributed by atoms with van der Waals surface area (Å²) in [5, 5.41) is 2.97. The smallest absolute Gasteiger partial charge is 0.240 e. The molecule has 1 aliphatic heterocycles. The first-order valence-corrected chi connectivity index (χ1v) is 6.82. The Morgan fingerprint density at radius 3 is 2.55 bits per heavy atom. The minimum absolute atomic E-state index is 0. The van der Waals surface area contributed by atoms with Crippen LogP contribution in [0.5, 0.6) is 0 Å². The Morgan fingerprint density at radius 1 is 1.35 bits per heavy atom. The first-order valence-electron chi connectivity index (χ1n) is 6.82. The summed E-state index contributed by atoms with van der Waals surface area (Å²) in [6.07, 6.45) is 1.19. The lowest BCUT2D eigenvalue weighted by Crippen LogP contribution is -2.57. The summed E-state index contributed by atoms with van der Waals surface area (Å²) in [7, 11) is 0. The van der Waals surface area contributed by atoms with Crippen LogP contribution in [-0.4, -0.2) is 31.2 Å². The van der Waals surface area contributed by atoms with Crippen molar-refractivity contribution >= 4 is 18.3 Å². The second-order valence-corrected chi connectivity index (χ2v) is 5.29. The molecule has 1 amide bonds. The van der Waals surface area contributed by atoms with E-state index in [1.54, 1.807) is 0 Å². The fraction of sp³-hybridized carbons (Fsp3) is 0.533. The molecule has 1 aliphatic rings. The number of carbonyl (C=O) groups is 1. The van der Waals surface area contributed by atoms with Gasteiger partial charge in [0.2, 0.25) is 5.91 Å². The highest BCUT2D eigenvalue weighted by atomic mass is 35.5. The number of ether oxygens (including phenoxy) is 1. The molecule has 1 aromatic rings. The van der Waals surface area contributed by atoms with E-state index in [2.05, 4.69) is 24.4 Å². The fourth-order valence-electron chi connectivity index (χ4n) is 2.28. The maximum absolute atomic E-state index is 12.2. The Hall–Kier alpha value is -1.10. The van der Waals surface area contributed by atoms with Crippen LogP contribution in [0.25, 0.3) is 0 Å². The third-order valence-electron chi connectivity index (χ3n) is 3.77. The lowest BCUT2D eigenvalue weighted by atomic mass is 9.90. The van der Waals surface area contributed by atoms with Crippen molar-refractivity contribution in [1.82, 2.24) is 5.32 Å². The van der Waals surface area contributed by atoms with Crippen molar-refractivity contribution in [1.29, 1.82) is 0 Å². The number of halogens is 1. The second kappa shape index (κ2) is 7.62. The molecule has 4 nitrogen and oxygen atoms in total. The van der Waals surface area contributed by atoms with Gasteiger partial charge in [-0.2, -0.15) is 0 Å². The number of benzene rings is 1. The summed E-state index contributed by atoms with van der Waals surface area (Å²) in [4.78, 5) is 12.2. The van der Waals surface area contributed by atoms with E-state index in [-0.39, 0.29) is 24.2 Å². The van der Waals surface area contributed by atoms with E-state index < -0.39 is 5.54 Å². The molecular formula is C15H23ClN2O2. The average molecular weight is 299 g/mol. The normalized spacial score (nSPS) is 18.7. The maximum atomic E-state index is 12.2. The Labute approximate surface area is 126 Å². The van der Waals surface area contributed by atoms with E-state index in [0.717, 1.165) is 0 Å². The van der Waals surface area contributed by atoms with Gasteiger partial charge >= 0.3 is 0 Å². The topological polar surface area (TPSA) is 64.4 Å². The van der Waals surface area contributed by atoms with Gasteiger partial charge in [0.15, 0.2) is 0 Å². The van der Waals surface area contributed by atoms with Gasteiger partial charge in [0.05, 0.1) is 5.54 Å². The number of amides is 1. The lowest BCUT2D eigenvalue weighted by molar-refractivity contribution is -0.129. The summed E-state index contributed by atoms with van der Waals surface area (Å²) in [6.45, 7) is 3.85. The zero-order valence-corrected chi connectivity index (χ0v) is 12.6. The Bertz CT molecular complexity index is 419. The van der Waals surface area contributed by atoms with Gasteiger partial charge < -0.3 is 15.8 Å². The maximum Gasteiger partial charge on any atom is 0.240 e. The van der Waals surface area contributed by atoms with Crippen molar-refractivity contribution < 1.29 is 9.53 Å². The minimum Gasteiger partial charge on any atom is -0.381 e. The lowest BCUT2D eigenvalue weighted by Gasteiger charge is -2.32. The van der Waals surface area contributed by atoms with Crippen LogP contribution in [0.1, 0.15) is 31.2 Å². The number of hydrogen-bond donors (Lipinski definition) is 2.